The van der Waals surface area contributed by atoms with Crippen molar-refractivity contribution in [3.8, 4) is 5.75 Å². The Labute approximate surface area is 152 Å². The molecule has 0 bridgehead atoms. The minimum Gasteiger partial charge on any atom is -0.483 e. The largest absolute Gasteiger partial charge is 0.483 e. The first-order valence-electron chi connectivity index (χ1n) is 8.76. The lowest BCUT2D eigenvalue weighted by atomic mass is 10.1. The van der Waals surface area contributed by atoms with E-state index in [4.69, 9.17) is 4.74 Å². The number of thiophene rings is 1. The van der Waals surface area contributed by atoms with Crippen molar-refractivity contribution in [1.82, 2.24) is 4.90 Å². The van der Waals surface area contributed by atoms with E-state index >= 15 is 0 Å². The van der Waals surface area contributed by atoms with Crippen LogP contribution in [0.15, 0.2) is 41.8 Å². The van der Waals surface area contributed by atoms with Crippen molar-refractivity contribution in [2.75, 3.05) is 13.2 Å². The topological polar surface area (TPSA) is 46.6 Å². The number of ether oxygens (including phenoxy) is 1. The lowest BCUT2D eigenvalue weighted by molar-refractivity contribution is -0.134. The summed E-state index contributed by atoms with van der Waals surface area (Å²) in [5.41, 5.74) is 1.10. The number of ketones is 1. The zero-order valence-corrected chi connectivity index (χ0v) is 15.3. The molecule has 1 aliphatic heterocycles. The van der Waals surface area contributed by atoms with Crippen LogP contribution in [0.2, 0.25) is 0 Å². The summed E-state index contributed by atoms with van der Waals surface area (Å²) in [6, 6.07) is 11.5. The summed E-state index contributed by atoms with van der Waals surface area (Å²) < 4.78 is 5.75. The van der Waals surface area contributed by atoms with E-state index in [1.165, 1.54) is 11.3 Å². The Kier molecular flexibility index (Phi) is 5.87. The second-order valence-corrected chi connectivity index (χ2v) is 7.19. The number of hydrogen-bond donors (Lipinski definition) is 0. The average molecular weight is 357 g/mol. The molecule has 1 aromatic carbocycles. The highest BCUT2D eigenvalue weighted by molar-refractivity contribution is 7.12. The van der Waals surface area contributed by atoms with Crippen LogP contribution in [0.1, 0.15) is 41.4 Å². The number of Topliss-reactive ketones (excluding diaryl/α,β-unsaturated/α-hetero) is 1. The number of hydrogen-bond acceptors (Lipinski definition) is 4. The monoisotopic (exact) mass is 357 g/mol. The number of benzene rings is 1. The number of aryl methyl sites for hydroxylation is 1. The molecule has 0 N–H and O–H groups in total. The molecule has 0 radical (unpaired) electrons. The molecule has 3 rings (SSSR count). The predicted molar refractivity (Wildman–Crippen MR) is 99.3 cm³/mol. The molecule has 4 nitrogen and oxygen atoms in total. The Balaban J connectivity index is 1.58. The van der Waals surface area contributed by atoms with Gasteiger partial charge >= 0.3 is 0 Å². The maximum absolute atomic E-state index is 12.6. The normalized spacial score (nSPS) is 16.8. The summed E-state index contributed by atoms with van der Waals surface area (Å²) in [4.78, 5) is 27.5. The van der Waals surface area contributed by atoms with E-state index in [1.54, 1.807) is 0 Å². The van der Waals surface area contributed by atoms with Gasteiger partial charge in [0.15, 0.2) is 12.4 Å². The molecule has 2 heterocycles. The van der Waals surface area contributed by atoms with Gasteiger partial charge in [0.2, 0.25) is 0 Å². The van der Waals surface area contributed by atoms with Gasteiger partial charge in [0, 0.05) is 19.0 Å². The van der Waals surface area contributed by atoms with E-state index in [2.05, 4.69) is 6.92 Å². The predicted octanol–water partition coefficient (Wildman–Crippen LogP) is 3.95. The molecule has 0 aliphatic carbocycles. The van der Waals surface area contributed by atoms with Gasteiger partial charge in [-0.05, 0) is 42.3 Å². The molecular weight excluding hydrogens is 334 g/mol. The third-order valence-corrected chi connectivity index (χ3v) is 5.53. The van der Waals surface area contributed by atoms with Gasteiger partial charge in [-0.25, -0.2) is 0 Å². The molecule has 2 aromatic rings. The van der Waals surface area contributed by atoms with Crippen molar-refractivity contribution in [1.29, 1.82) is 0 Å². The fourth-order valence-corrected chi connectivity index (χ4v) is 3.96. The number of amides is 1. The highest BCUT2D eigenvalue weighted by Crippen LogP contribution is 2.24. The number of carbonyl (C=O) groups is 2. The first-order valence-corrected chi connectivity index (χ1v) is 9.64. The average Bonchev–Trinajstić information content (AvgIpc) is 3.31. The van der Waals surface area contributed by atoms with E-state index in [0.29, 0.717) is 13.0 Å². The van der Waals surface area contributed by atoms with Crippen molar-refractivity contribution in [2.24, 2.45) is 0 Å². The van der Waals surface area contributed by atoms with E-state index < -0.39 is 0 Å². The van der Waals surface area contributed by atoms with Crippen LogP contribution in [0.5, 0.6) is 5.75 Å². The molecule has 1 aromatic heterocycles. The molecule has 132 valence electrons. The van der Waals surface area contributed by atoms with Gasteiger partial charge in [-0.2, -0.15) is 0 Å². The summed E-state index contributed by atoms with van der Waals surface area (Å²) in [5, 5.41) is 1.91. The second-order valence-electron chi connectivity index (χ2n) is 6.24. The Morgan fingerprint density at radius 2 is 2.08 bits per heavy atom. The van der Waals surface area contributed by atoms with Gasteiger partial charge in [-0.3, -0.25) is 9.59 Å². The molecule has 1 atom stereocenters. The lowest BCUT2D eigenvalue weighted by Gasteiger charge is -2.24. The highest BCUT2D eigenvalue weighted by Gasteiger charge is 2.31. The third kappa shape index (κ3) is 4.28. The molecule has 5 heteroatoms. The Morgan fingerprint density at radius 3 is 2.84 bits per heavy atom. The summed E-state index contributed by atoms with van der Waals surface area (Å²) in [6.07, 6.45) is 3.10. The lowest BCUT2D eigenvalue weighted by Crippen LogP contribution is -2.39. The van der Waals surface area contributed by atoms with Gasteiger partial charge in [0.05, 0.1) is 4.88 Å². The van der Waals surface area contributed by atoms with Gasteiger partial charge in [0.1, 0.15) is 5.75 Å². The van der Waals surface area contributed by atoms with Crippen LogP contribution < -0.4 is 4.74 Å². The first-order chi connectivity index (χ1) is 12.2. The standard InChI is InChI=1S/C20H23NO3S/c1-2-15-7-3-4-9-18(15)24-14-20(23)21-11-5-8-16(21)13-17(22)19-10-6-12-25-19/h3-4,6-7,9-10,12,16H,2,5,8,11,13-14H2,1H3/t16-/m0/s1. The quantitative estimate of drug-likeness (QED) is 0.705. The minimum absolute atomic E-state index is 0.00730. The Bertz CT molecular complexity index is 726. The van der Waals surface area contributed by atoms with E-state index in [9.17, 15) is 9.59 Å². The summed E-state index contributed by atoms with van der Waals surface area (Å²) >= 11 is 1.46. The molecule has 1 aliphatic rings. The number of nitrogens with zero attached hydrogens (tertiary/aromatic N) is 1. The molecule has 1 saturated heterocycles. The van der Waals surface area contributed by atoms with Gasteiger partial charge < -0.3 is 9.64 Å². The number of rotatable bonds is 7. The van der Waals surface area contributed by atoms with Crippen molar-refractivity contribution in [3.63, 3.8) is 0 Å². The zero-order chi connectivity index (χ0) is 17.6. The SMILES string of the molecule is CCc1ccccc1OCC(=O)N1CCC[C@H]1CC(=O)c1cccs1. The molecule has 1 fully saturated rings. The summed E-state index contributed by atoms with van der Waals surface area (Å²) in [6.45, 7) is 2.80. The van der Waals surface area contributed by atoms with Crippen LogP contribution >= 0.6 is 11.3 Å². The van der Waals surface area contributed by atoms with Crippen LogP contribution in [0.3, 0.4) is 0 Å². The van der Waals surface area contributed by atoms with Crippen molar-refractivity contribution < 1.29 is 14.3 Å². The van der Waals surface area contributed by atoms with Crippen LogP contribution in [0, 0.1) is 0 Å². The number of para-hydroxylation sites is 1. The van der Waals surface area contributed by atoms with Crippen LogP contribution in [-0.2, 0) is 11.2 Å². The van der Waals surface area contributed by atoms with Gasteiger partial charge in [-0.1, -0.05) is 31.2 Å². The number of carbonyl (C=O) groups excluding carboxylic acids is 2. The Hall–Kier alpha value is -2.14. The maximum atomic E-state index is 12.6. The van der Waals surface area contributed by atoms with E-state index in [0.717, 1.165) is 35.5 Å². The van der Waals surface area contributed by atoms with Gasteiger partial charge in [-0.15, -0.1) is 11.3 Å². The summed E-state index contributed by atoms with van der Waals surface area (Å²) in [5.74, 6) is 0.855. The van der Waals surface area contributed by atoms with Gasteiger partial charge in [0.25, 0.3) is 5.91 Å². The van der Waals surface area contributed by atoms with Crippen LogP contribution in [0.25, 0.3) is 0 Å². The molecular formula is C20H23NO3S. The van der Waals surface area contributed by atoms with Crippen molar-refractivity contribution in [3.05, 3.63) is 52.2 Å². The summed E-state index contributed by atoms with van der Waals surface area (Å²) in [7, 11) is 0. The zero-order valence-electron chi connectivity index (χ0n) is 14.4. The molecule has 1 amide bonds. The fraction of sp³-hybridized carbons (Fsp3) is 0.400. The fourth-order valence-electron chi connectivity index (χ4n) is 3.29. The van der Waals surface area contributed by atoms with Crippen LogP contribution in [-0.4, -0.2) is 35.8 Å². The second kappa shape index (κ2) is 8.30. The maximum Gasteiger partial charge on any atom is 0.260 e. The van der Waals surface area contributed by atoms with E-state index in [1.807, 2.05) is 46.7 Å². The first kappa shape index (κ1) is 17.7. The minimum atomic E-state index is -0.0348. The third-order valence-electron chi connectivity index (χ3n) is 4.62. The molecule has 0 unspecified atom stereocenters. The van der Waals surface area contributed by atoms with E-state index in [-0.39, 0.29) is 24.3 Å². The molecule has 0 spiro atoms. The van der Waals surface area contributed by atoms with Crippen molar-refractivity contribution >= 4 is 23.0 Å². The smallest absolute Gasteiger partial charge is 0.260 e. The number of likely N-dealkylation sites (tertiary alicyclic amines) is 1. The Morgan fingerprint density at radius 1 is 1.24 bits per heavy atom. The highest BCUT2D eigenvalue weighted by atomic mass is 32.1. The molecule has 0 saturated carbocycles. The van der Waals surface area contributed by atoms with Crippen LogP contribution in [0.4, 0.5) is 0 Å². The van der Waals surface area contributed by atoms with Crippen molar-refractivity contribution in [2.45, 2.75) is 38.6 Å². The molecule has 25 heavy (non-hydrogen) atoms.